The highest BCUT2D eigenvalue weighted by Crippen LogP contribution is 2.65. The summed E-state index contributed by atoms with van der Waals surface area (Å²) >= 11 is 0. The van der Waals surface area contributed by atoms with Crippen molar-refractivity contribution >= 4 is 19.8 Å². The van der Waals surface area contributed by atoms with Gasteiger partial charge in [0.05, 0.1) is 24.2 Å². The molecule has 0 aromatic heterocycles. The largest absolute Gasteiger partial charge is 0.462 e. The molecule has 0 aliphatic rings. The number of nitrogens with one attached hydrogen (secondary N) is 1. The van der Waals surface area contributed by atoms with Crippen LogP contribution in [0.3, 0.4) is 0 Å². The number of esters is 1. The van der Waals surface area contributed by atoms with Gasteiger partial charge in [-0.1, -0.05) is 31.5 Å². The number of carbonyl (C=O) groups excluding carboxylic acids is 2. The van der Waals surface area contributed by atoms with Crippen molar-refractivity contribution in [1.29, 1.82) is 0 Å². The molecule has 2 N–H and O–H groups in total. The maximum Gasteiger partial charge on any atom is 0.369 e. The molecule has 0 aliphatic heterocycles. The van der Waals surface area contributed by atoms with E-state index < -0.39 is 13.4 Å². The number of hydrogen-bond acceptors (Lipinski definition) is 8. The van der Waals surface area contributed by atoms with Crippen molar-refractivity contribution in [2.24, 2.45) is 5.41 Å². The second kappa shape index (κ2) is 14.1. The predicted octanol–water partition coefficient (Wildman–Crippen LogP) is 2.68. The van der Waals surface area contributed by atoms with Crippen LogP contribution in [0.15, 0.2) is 24.3 Å². The number of benzene rings is 1. The van der Waals surface area contributed by atoms with E-state index in [9.17, 15) is 14.7 Å². The summed E-state index contributed by atoms with van der Waals surface area (Å²) in [6, 6.07) is 7.26. The van der Waals surface area contributed by atoms with E-state index in [2.05, 4.69) is 5.32 Å². The molecule has 1 atom stereocenters. The van der Waals surface area contributed by atoms with E-state index in [1.165, 1.54) is 0 Å². The highest BCUT2D eigenvalue weighted by molar-refractivity contribution is 7.64. The number of aliphatic hydroxyl groups is 1. The minimum atomic E-state index is -2.31. The quantitative estimate of drug-likeness (QED) is 0.216. The van der Waals surface area contributed by atoms with Gasteiger partial charge in [0.2, 0.25) is 5.91 Å². The Labute approximate surface area is 206 Å². The molecule has 10 heteroatoms. The van der Waals surface area contributed by atoms with Crippen LogP contribution in [0.25, 0.3) is 0 Å². The van der Waals surface area contributed by atoms with Gasteiger partial charge < -0.3 is 15.2 Å². The number of aliphatic hydroxyl groups excluding tert-OH is 1. The molecule has 1 aromatic rings. The molecule has 0 spiro atoms. The summed E-state index contributed by atoms with van der Waals surface area (Å²) in [6.45, 7) is 4.15. The zero-order valence-corrected chi connectivity index (χ0v) is 23.0. The number of unbranched alkanes of at least 4 members (excludes halogenated alkanes) is 1. The summed E-state index contributed by atoms with van der Waals surface area (Å²) in [6.07, 6.45) is 2.25. The van der Waals surface area contributed by atoms with Gasteiger partial charge in [0.25, 0.3) is 0 Å². The number of nitrogens with zero attached hydrogens (tertiary/aromatic N) is 3. The van der Waals surface area contributed by atoms with Gasteiger partial charge in [-0.15, -0.1) is 14.0 Å². The first-order valence-corrected chi connectivity index (χ1v) is 13.2. The van der Waals surface area contributed by atoms with Gasteiger partial charge in [-0.2, -0.15) is 4.52 Å². The van der Waals surface area contributed by atoms with Crippen molar-refractivity contribution in [2.45, 2.75) is 33.1 Å². The fourth-order valence-corrected chi connectivity index (χ4v) is 6.98. The van der Waals surface area contributed by atoms with Gasteiger partial charge in [0, 0.05) is 48.8 Å². The normalized spacial score (nSPS) is 13.9. The second-order valence-corrected chi connectivity index (χ2v) is 12.9. The van der Waals surface area contributed by atoms with Crippen molar-refractivity contribution in [1.82, 2.24) is 19.3 Å². The number of hydrogen-bond donors (Lipinski definition) is 2. The Bertz CT molecular complexity index is 769. The van der Waals surface area contributed by atoms with E-state index in [1.54, 1.807) is 19.1 Å². The van der Waals surface area contributed by atoms with E-state index in [4.69, 9.17) is 9.26 Å². The number of carbonyl (C=O) groups is 2. The van der Waals surface area contributed by atoms with Crippen LogP contribution in [0.4, 0.5) is 0 Å². The Kier molecular flexibility index (Phi) is 12.6. The third kappa shape index (κ3) is 7.70. The molecular formula is C24H44N4O5P+. The number of rotatable bonds is 15. The van der Waals surface area contributed by atoms with Crippen LogP contribution in [0.5, 0.6) is 0 Å². The van der Waals surface area contributed by atoms with Crippen LogP contribution in [-0.4, -0.2) is 99.6 Å². The monoisotopic (exact) mass is 499 g/mol. The number of amides is 1. The fourth-order valence-electron chi connectivity index (χ4n) is 3.68. The molecule has 0 fully saturated rings. The molecule has 1 rings (SSSR count). The summed E-state index contributed by atoms with van der Waals surface area (Å²) in [4.78, 5) is 25.5. The molecule has 9 nitrogen and oxygen atoms in total. The maximum absolute atomic E-state index is 13.0. The summed E-state index contributed by atoms with van der Waals surface area (Å²) in [5.41, 5.74) is 0.203. The lowest BCUT2D eigenvalue weighted by Crippen LogP contribution is -2.47. The highest BCUT2D eigenvalue weighted by Gasteiger charge is 2.52. The summed E-state index contributed by atoms with van der Waals surface area (Å²) in [5, 5.41) is 13.0. The SMILES string of the molecule is CCCCOC(=O)c1ccccc1CCNC(=O)C(C)(CO)CO[P+](N(C)C)(N(C)C)N(C)C. The van der Waals surface area contributed by atoms with Crippen molar-refractivity contribution < 1.29 is 24.0 Å². The van der Waals surface area contributed by atoms with Crippen LogP contribution in [0.1, 0.15) is 42.6 Å². The molecule has 0 aliphatic carbocycles. The van der Waals surface area contributed by atoms with Crippen LogP contribution in [0.2, 0.25) is 0 Å². The van der Waals surface area contributed by atoms with Gasteiger partial charge >= 0.3 is 13.9 Å². The molecule has 1 unspecified atom stereocenters. The first-order valence-electron chi connectivity index (χ1n) is 11.7. The summed E-state index contributed by atoms with van der Waals surface area (Å²) in [7, 11) is 9.33. The van der Waals surface area contributed by atoms with E-state index in [-0.39, 0.29) is 25.1 Å². The zero-order valence-electron chi connectivity index (χ0n) is 22.1. The lowest BCUT2D eigenvalue weighted by atomic mass is 9.92. The molecule has 0 saturated carbocycles. The Balaban J connectivity index is 2.83. The molecule has 194 valence electrons. The Hall–Kier alpha value is -1.61. The van der Waals surface area contributed by atoms with Crippen molar-refractivity contribution in [3.8, 4) is 0 Å². The average molecular weight is 500 g/mol. The molecular weight excluding hydrogens is 455 g/mol. The molecule has 0 radical (unpaired) electrons. The van der Waals surface area contributed by atoms with E-state index in [1.807, 2.05) is 75.4 Å². The van der Waals surface area contributed by atoms with Crippen LogP contribution in [0, 0.1) is 5.41 Å². The fraction of sp³-hybridized carbons (Fsp3) is 0.667. The highest BCUT2D eigenvalue weighted by atomic mass is 31.2. The second-order valence-electron chi connectivity index (χ2n) is 9.20. The summed E-state index contributed by atoms with van der Waals surface area (Å²) < 4.78 is 17.7. The molecule has 34 heavy (non-hydrogen) atoms. The van der Waals surface area contributed by atoms with E-state index >= 15 is 0 Å². The van der Waals surface area contributed by atoms with E-state index in [0.717, 1.165) is 18.4 Å². The Morgan fingerprint density at radius 3 is 2.18 bits per heavy atom. The van der Waals surface area contributed by atoms with Gasteiger partial charge in [0.15, 0.2) is 0 Å². The minimum Gasteiger partial charge on any atom is -0.462 e. The predicted molar refractivity (Wildman–Crippen MR) is 137 cm³/mol. The first kappa shape index (κ1) is 30.4. The molecule has 0 bridgehead atoms. The van der Waals surface area contributed by atoms with E-state index in [0.29, 0.717) is 25.1 Å². The Morgan fingerprint density at radius 1 is 1.06 bits per heavy atom. The zero-order chi connectivity index (χ0) is 25.9. The molecule has 1 aromatic carbocycles. The third-order valence-corrected chi connectivity index (χ3v) is 9.27. The molecule has 0 saturated heterocycles. The number of ether oxygens (including phenoxy) is 1. The van der Waals surface area contributed by atoms with Crippen LogP contribution < -0.4 is 5.32 Å². The lowest BCUT2D eigenvalue weighted by Gasteiger charge is -2.39. The van der Waals surface area contributed by atoms with Crippen LogP contribution >= 0.6 is 7.94 Å². The smallest absolute Gasteiger partial charge is 0.369 e. The van der Waals surface area contributed by atoms with Gasteiger partial charge in [0.1, 0.15) is 6.61 Å². The lowest BCUT2D eigenvalue weighted by molar-refractivity contribution is -0.134. The molecule has 0 heterocycles. The minimum absolute atomic E-state index is 0.0536. The topological polar surface area (TPSA) is 94.6 Å². The van der Waals surface area contributed by atoms with Gasteiger partial charge in [-0.25, -0.2) is 4.79 Å². The maximum atomic E-state index is 13.0. The van der Waals surface area contributed by atoms with Crippen molar-refractivity contribution in [3.05, 3.63) is 35.4 Å². The van der Waals surface area contributed by atoms with Crippen molar-refractivity contribution in [2.75, 3.05) is 68.7 Å². The third-order valence-electron chi connectivity index (χ3n) is 5.66. The average Bonchev–Trinajstić information content (AvgIpc) is 2.78. The summed E-state index contributed by atoms with van der Waals surface area (Å²) in [5.74, 6) is -0.646. The molecule has 1 amide bonds. The van der Waals surface area contributed by atoms with Crippen LogP contribution in [-0.2, 0) is 20.5 Å². The Morgan fingerprint density at radius 2 is 1.65 bits per heavy atom. The van der Waals surface area contributed by atoms with Gasteiger partial charge in [-0.05, 0) is 31.4 Å². The van der Waals surface area contributed by atoms with Gasteiger partial charge in [-0.3, -0.25) is 4.79 Å². The van der Waals surface area contributed by atoms with Crippen molar-refractivity contribution in [3.63, 3.8) is 0 Å². The standard InChI is InChI=1S/C24H43N4O5P/c1-9-10-17-32-22(30)21-14-12-11-13-20(21)15-16-25-23(31)24(2,18-29)19-33-34(26(3)4,27(5)6)28(7)8/h11-14,29H,9-10,15-19H2,1-8H3/p+1. The first-order chi connectivity index (χ1) is 16.0.